The van der Waals surface area contributed by atoms with Crippen LogP contribution in [-0.4, -0.2) is 0 Å². The van der Waals surface area contributed by atoms with Gasteiger partial charge in [-0.2, -0.15) is 18.4 Å². The number of halogens is 4. The molecule has 0 fully saturated rings. The van der Waals surface area contributed by atoms with Crippen molar-refractivity contribution in [2.45, 2.75) is 6.18 Å². The highest BCUT2D eigenvalue weighted by atomic mass is 35.5. The van der Waals surface area contributed by atoms with Crippen LogP contribution in [0.2, 0.25) is 0 Å². The molecule has 0 aliphatic heterocycles. The van der Waals surface area contributed by atoms with Crippen LogP contribution in [0.1, 0.15) is 16.0 Å². The number of hydrogen-bond acceptors (Lipinski definition) is 2. The largest absolute Gasteiger partial charge is 0.416 e. The number of nitriles is 1. The summed E-state index contributed by atoms with van der Waals surface area (Å²) in [6.07, 6.45) is -4.39. The normalized spacial score (nSPS) is 12.8. The predicted octanol–water partition coefficient (Wildman–Crippen LogP) is 5.40. The lowest BCUT2D eigenvalue weighted by atomic mass is 10.1. The average molecular weight is 314 g/mol. The fourth-order valence-corrected chi connectivity index (χ4v) is 2.64. The van der Waals surface area contributed by atoms with Crippen LogP contribution in [-0.2, 0) is 6.18 Å². The monoisotopic (exact) mass is 313 g/mol. The minimum absolute atomic E-state index is 0.142. The molecule has 0 aliphatic rings. The smallest absolute Gasteiger partial charge is 0.192 e. The van der Waals surface area contributed by atoms with Gasteiger partial charge in [-0.25, -0.2) is 0 Å². The van der Waals surface area contributed by atoms with Crippen molar-refractivity contribution < 1.29 is 13.2 Å². The lowest BCUT2D eigenvalue weighted by molar-refractivity contribution is -0.137. The molecule has 1 heterocycles. The molecule has 20 heavy (non-hydrogen) atoms. The molecule has 0 saturated carbocycles. The molecule has 0 N–H and O–H groups in total. The Bertz CT molecular complexity index is 664. The Kier molecular flexibility index (Phi) is 4.17. The molecule has 0 aliphatic carbocycles. The molecule has 0 atom stereocenters. The summed E-state index contributed by atoms with van der Waals surface area (Å²) in [7, 11) is 0. The van der Waals surface area contributed by atoms with E-state index in [0.29, 0.717) is 10.4 Å². The number of benzene rings is 1. The summed E-state index contributed by atoms with van der Waals surface area (Å²) in [6, 6.07) is 9.90. The maximum absolute atomic E-state index is 12.5. The van der Waals surface area contributed by atoms with Gasteiger partial charge in [0, 0.05) is 4.88 Å². The zero-order chi connectivity index (χ0) is 14.8. The van der Waals surface area contributed by atoms with Gasteiger partial charge >= 0.3 is 6.18 Å². The van der Waals surface area contributed by atoms with Gasteiger partial charge in [-0.3, -0.25) is 0 Å². The van der Waals surface area contributed by atoms with Gasteiger partial charge in [-0.05, 0) is 29.1 Å². The van der Waals surface area contributed by atoms with E-state index in [4.69, 9.17) is 16.9 Å². The number of thiophene rings is 1. The van der Waals surface area contributed by atoms with Gasteiger partial charge in [0.2, 0.25) is 0 Å². The van der Waals surface area contributed by atoms with Gasteiger partial charge in [0.1, 0.15) is 6.07 Å². The van der Waals surface area contributed by atoms with Gasteiger partial charge in [0.15, 0.2) is 0 Å². The number of hydrogen-bond donors (Lipinski definition) is 0. The summed E-state index contributed by atoms with van der Waals surface area (Å²) in [5, 5.41) is 11.1. The summed E-state index contributed by atoms with van der Waals surface area (Å²) in [5.74, 6) is 0. The van der Waals surface area contributed by atoms with E-state index in [1.54, 1.807) is 17.5 Å². The molecule has 1 aromatic carbocycles. The molecular weight excluding hydrogens is 307 g/mol. The Labute approximate surface area is 122 Å². The van der Waals surface area contributed by atoms with E-state index in [-0.39, 0.29) is 10.6 Å². The summed E-state index contributed by atoms with van der Waals surface area (Å²) in [4.78, 5) is 0.678. The summed E-state index contributed by atoms with van der Waals surface area (Å²) >= 11 is 7.45. The molecular formula is C14H7ClF3NS. The Morgan fingerprint density at radius 2 is 1.80 bits per heavy atom. The van der Waals surface area contributed by atoms with Crippen LogP contribution < -0.4 is 0 Å². The Balaban J connectivity index is 2.43. The van der Waals surface area contributed by atoms with E-state index in [9.17, 15) is 13.2 Å². The highest BCUT2D eigenvalue weighted by Crippen LogP contribution is 2.34. The molecule has 1 aromatic heterocycles. The highest BCUT2D eigenvalue weighted by molar-refractivity contribution is 7.11. The third-order valence-electron chi connectivity index (χ3n) is 2.56. The standard InChI is InChI=1S/C14H7ClF3NS/c15-13(11(8-19)12-2-1-7-20-12)9-3-5-10(6-4-9)14(16,17)18/h1-7H. The van der Waals surface area contributed by atoms with Crippen molar-refractivity contribution in [1.82, 2.24) is 0 Å². The van der Waals surface area contributed by atoms with E-state index in [0.717, 1.165) is 12.1 Å². The molecule has 0 unspecified atom stereocenters. The molecule has 2 aromatic rings. The molecule has 0 radical (unpaired) electrons. The first-order valence-electron chi connectivity index (χ1n) is 5.45. The third kappa shape index (κ3) is 3.03. The molecule has 2 rings (SSSR count). The van der Waals surface area contributed by atoms with Crippen molar-refractivity contribution in [2.24, 2.45) is 0 Å². The zero-order valence-electron chi connectivity index (χ0n) is 9.91. The molecule has 0 spiro atoms. The second-order valence-electron chi connectivity index (χ2n) is 3.85. The van der Waals surface area contributed by atoms with Gasteiger partial charge in [0.05, 0.1) is 16.2 Å². The Hall–Kier alpha value is -1.77. The van der Waals surface area contributed by atoms with Crippen LogP contribution in [0.3, 0.4) is 0 Å². The van der Waals surface area contributed by atoms with Gasteiger partial charge in [-0.1, -0.05) is 29.8 Å². The lowest BCUT2D eigenvalue weighted by Crippen LogP contribution is -2.04. The minimum atomic E-state index is -4.39. The van der Waals surface area contributed by atoms with Crippen LogP contribution >= 0.6 is 22.9 Å². The van der Waals surface area contributed by atoms with Crippen molar-refractivity contribution in [3.63, 3.8) is 0 Å². The van der Waals surface area contributed by atoms with E-state index >= 15 is 0 Å². The van der Waals surface area contributed by atoms with Crippen LogP contribution in [0.25, 0.3) is 10.6 Å². The van der Waals surface area contributed by atoms with E-state index in [1.165, 1.54) is 23.5 Å². The van der Waals surface area contributed by atoms with Gasteiger partial charge in [0.25, 0.3) is 0 Å². The van der Waals surface area contributed by atoms with E-state index in [2.05, 4.69) is 0 Å². The van der Waals surface area contributed by atoms with Crippen LogP contribution in [0.5, 0.6) is 0 Å². The fourth-order valence-electron chi connectivity index (χ4n) is 1.58. The van der Waals surface area contributed by atoms with E-state index < -0.39 is 11.7 Å². The first kappa shape index (κ1) is 14.6. The second kappa shape index (κ2) is 5.70. The molecule has 1 nitrogen and oxygen atoms in total. The van der Waals surface area contributed by atoms with Crippen molar-refractivity contribution in [2.75, 3.05) is 0 Å². The van der Waals surface area contributed by atoms with Crippen molar-refractivity contribution in [3.05, 3.63) is 57.8 Å². The lowest BCUT2D eigenvalue weighted by Gasteiger charge is -2.08. The molecule has 0 amide bonds. The number of alkyl halides is 3. The first-order valence-corrected chi connectivity index (χ1v) is 6.70. The molecule has 0 saturated heterocycles. The third-order valence-corrected chi connectivity index (χ3v) is 3.86. The SMILES string of the molecule is N#CC(=C(Cl)c1ccc(C(F)(F)F)cc1)c1cccs1. The average Bonchev–Trinajstić information content (AvgIpc) is 2.92. The summed E-state index contributed by atoms with van der Waals surface area (Å²) in [6.45, 7) is 0. The Morgan fingerprint density at radius 3 is 2.25 bits per heavy atom. The molecule has 6 heteroatoms. The predicted molar refractivity (Wildman–Crippen MR) is 74.0 cm³/mol. The van der Waals surface area contributed by atoms with Crippen molar-refractivity contribution in [1.29, 1.82) is 5.26 Å². The first-order chi connectivity index (χ1) is 9.43. The number of rotatable bonds is 2. The van der Waals surface area contributed by atoms with Crippen LogP contribution in [0, 0.1) is 11.3 Å². The number of allylic oxidation sites excluding steroid dienone is 1. The van der Waals surface area contributed by atoms with Crippen LogP contribution in [0.15, 0.2) is 41.8 Å². The topological polar surface area (TPSA) is 23.8 Å². The quantitative estimate of drug-likeness (QED) is 0.681. The molecule has 0 bridgehead atoms. The van der Waals surface area contributed by atoms with Gasteiger partial charge < -0.3 is 0 Å². The van der Waals surface area contributed by atoms with Crippen molar-refractivity contribution >= 4 is 33.5 Å². The summed E-state index contributed by atoms with van der Waals surface area (Å²) in [5.41, 5.74) is -0.119. The van der Waals surface area contributed by atoms with E-state index in [1.807, 2.05) is 6.07 Å². The minimum Gasteiger partial charge on any atom is -0.192 e. The zero-order valence-corrected chi connectivity index (χ0v) is 11.5. The molecule has 102 valence electrons. The maximum Gasteiger partial charge on any atom is 0.416 e. The second-order valence-corrected chi connectivity index (χ2v) is 5.18. The Morgan fingerprint density at radius 1 is 1.15 bits per heavy atom. The summed E-state index contributed by atoms with van der Waals surface area (Å²) < 4.78 is 37.4. The maximum atomic E-state index is 12.5. The van der Waals surface area contributed by atoms with Crippen molar-refractivity contribution in [3.8, 4) is 6.07 Å². The van der Waals surface area contributed by atoms with Gasteiger partial charge in [-0.15, -0.1) is 11.3 Å². The fraction of sp³-hybridized carbons (Fsp3) is 0.0714. The number of nitrogens with zero attached hydrogens (tertiary/aromatic N) is 1. The highest BCUT2D eigenvalue weighted by Gasteiger charge is 2.30. The van der Waals surface area contributed by atoms with Crippen LogP contribution in [0.4, 0.5) is 13.2 Å².